The zero-order chi connectivity index (χ0) is 19.1. The van der Waals surface area contributed by atoms with Crippen LogP contribution in [-0.4, -0.2) is 19.6 Å². The molecule has 0 spiro atoms. The average molecular weight is 480 g/mol. The van der Waals surface area contributed by atoms with Crippen molar-refractivity contribution in [1.82, 2.24) is 0 Å². The molecule has 0 aliphatic rings. The van der Waals surface area contributed by atoms with Crippen LogP contribution in [0.4, 0.5) is 5.69 Å². The molecule has 7 heteroatoms. The maximum absolute atomic E-state index is 12.4. The van der Waals surface area contributed by atoms with Gasteiger partial charge in [-0.3, -0.25) is 4.79 Å². The predicted molar refractivity (Wildman–Crippen MR) is 108 cm³/mol. The van der Waals surface area contributed by atoms with Gasteiger partial charge >= 0.3 is 0 Å². The van der Waals surface area contributed by atoms with E-state index in [1.165, 1.54) is 6.08 Å². The molecule has 0 saturated heterocycles. The summed E-state index contributed by atoms with van der Waals surface area (Å²) in [5, 5.41) is 12.0. The van der Waals surface area contributed by atoms with Crippen molar-refractivity contribution in [3.63, 3.8) is 0 Å². The average Bonchev–Trinajstić information content (AvgIpc) is 2.63. The lowest BCUT2D eigenvalue weighted by Crippen LogP contribution is -2.13. The van der Waals surface area contributed by atoms with Crippen molar-refractivity contribution in [2.45, 2.75) is 6.92 Å². The van der Waals surface area contributed by atoms with Crippen molar-refractivity contribution in [1.29, 1.82) is 5.26 Å². The zero-order valence-corrected chi connectivity index (χ0v) is 17.3. The summed E-state index contributed by atoms with van der Waals surface area (Å²) < 4.78 is 12.1. The van der Waals surface area contributed by atoms with Crippen molar-refractivity contribution >= 4 is 49.5 Å². The van der Waals surface area contributed by atoms with Crippen LogP contribution in [0.1, 0.15) is 12.5 Å². The Labute approximate surface area is 168 Å². The molecule has 1 amide bonds. The summed E-state index contributed by atoms with van der Waals surface area (Å²) in [6.45, 7) is 2.42. The third-order valence-electron chi connectivity index (χ3n) is 3.33. The van der Waals surface area contributed by atoms with E-state index in [2.05, 4.69) is 37.2 Å². The quantitative estimate of drug-likeness (QED) is 0.458. The molecule has 2 aromatic rings. The molecule has 5 nitrogen and oxygen atoms in total. The zero-order valence-electron chi connectivity index (χ0n) is 14.2. The fourth-order valence-corrected chi connectivity index (χ4v) is 3.58. The Morgan fingerprint density at radius 3 is 2.35 bits per heavy atom. The van der Waals surface area contributed by atoms with Gasteiger partial charge in [-0.1, -0.05) is 0 Å². The van der Waals surface area contributed by atoms with Crippen molar-refractivity contribution in [3.05, 3.63) is 56.5 Å². The second kappa shape index (κ2) is 9.41. The highest BCUT2D eigenvalue weighted by Gasteiger charge is 2.12. The SMILES string of the molecule is CCOc1c(Br)cc(C=C(C#N)C(=O)Nc2ccc(OC)cc2)cc1Br. The second-order valence-electron chi connectivity index (χ2n) is 5.10. The van der Waals surface area contributed by atoms with E-state index in [4.69, 9.17) is 9.47 Å². The van der Waals surface area contributed by atoms with Gasteiger partial charge in [-0.15, -0.1) is 0 Å². The van der Waals surface area contributed by atoms with Gasteiger partial charge in [0.25, 0.3) is 5.91 Å². The van der Waals surface area contributed by atoms with Gasteiger partial charge in [-0.25, -0.2) is 0 Å². The Bertz CT molecular complexity index is 848. The Balaban J connectivity index is 2.23. The van der Waals surface area contributed by atoms with E-state index < -0.39 is 5.91 Å². The molecule has 2 rings (SSSR count). The van der Waals surface area contributed by atoms with Gasteiger partial charge < -0.3 is 14.8 Å². The Hall–Kier alpha value is -2.30. The number of rotatable bonds is 6. The highest BCUT2D eigenvalue weighted by Crippen LogP contribution is 2.35. The summed E-state index contributed by atoms with van der Waals surface area (Å²) in [4.78, 5) is 12.4. The minimum absolute atomic E-state index is 0.0104. The maximum Gasteiger partial charge on any atom is 0.266 e. The van der Waals surface area contributed by atoms with E-state index in [0.717, 1.165) is 8.95 Å². The topological polar surface area (TPSA) is 71.3 Å². The maximum atomic E-state index is 12.4. The fraction of sp³-hybridized carbons (Fsp3) is 0.158. The Kier molecular flexibility index (Phi) is 7.25. The van der Waals surface area contributed by atoms with Crippen molar-refractivity contribution in [2.24, 2.45) is 0 Å². The van der Waals surface area contributed by atoms with Crippen LogP contribution >= 0.6 is 31.9 Å². The number of halogens is 2. The molecule has 0 bridgehead atoms. The minimum atomic E-state index is -0.487. The summed E-state index contributed by atoms with van der Waals surface area (Å²) in [6, 6.07) is 12.4. The molecule has 0 aliphatic heterocycles. The van der Waals surface area contributed by atoms with Crippen molar-refractivity contribution in [2.75, 3.05) is 19.0 Å². The van der Waals surface area contributed by atoms with Crippen LogP contribution in [0, 0.1) is 11.3 Å². The number of carbonyl (C=O) groups is 1. The molecule has 0 heterocycles. The van der Waals surface area contributed by atoms with Crippen molar-refractivity contribution < 1.29 is 14.3 Å². The first-order valence-corrected chi connectivity index (χ1v) is 9.26. The number of methoxy groups -OCH3 is 1. The lowest BCUT2D eigenvalue weighted by molar-refractivity contribution is -0.112. The number of hydrogen-bond acceptors (Lipinski definition) is 4. The monoisotopic (exact) mass is 478 g/mol. The smallest absolute Gasteiger partial charge is 0.266 e. The van der Waals surface area contributed by atoms with Crippen LogP contribution in [0.25, 0.3) is 6.08 Å². The predicted octanol–water partition coefficient (Wildman–Crippen LogP) is 5.16. The lowest BCUT2D eigenvalue weighted by Gasteiger charge is -2.10. The second-order valence-corrected chi connectivity index (χ2v) is 6.81. The number of nitrogens with zero attached hydrogens (tertiary/aromatic N) is 1. The van der Waals surface area contributed by atoms with E-state index in [9.17, 15) is 10.1 Å². The van der Waals surface area contributed by atoms with Crippen LogP contribution in [0.2, 0.25) is 0 Å². The van der Waals surface area contributed by atoms with Gasteiger partial charge in [0.2, 0.25) is 0 Å². The molecular weight excluding hydrogens is 464 g/mol. The van der Waals surface area contributed by atoms with Gasteiger partial charge in [-0.05, 0) is 86.8 Å². The number of ether oxygens (including phenoxy) is 2. The summed E-state index contributed by atoms with van der Waals surface area (Å²) in [7, 11) is 1.57. The largest absolute Gasteiger partial charge is 0.497 e. The minimum Gasteiger partial charge on any atom is -0.497 e. The lowest BCUT2D eigenvalue weighted by atomic mass is 10.1. The molecule has 0 aliphatic carbocycles. The molecule has 26 heavy (non-hydrogen) atoms. The van der Waals surface area contributed by atoms with E-state index in [0.29, 0.717) is 29.4 Å². The number of nitriles is 1. The third-order valence-corrected chi connectivity index (χ3v) is 4.51. The summed E-state index contributed by atoms with van der Waals surface area (Å²) in [5.74, 6) is 0.868. The molecular formula is C19H16Br2N2O3. The first kappa shape index (κ1) is 20.0. The van der Waals surface area contributed by atoms with Crippen molar-refractivity contribution in [3.8, 4) is 17.6 Å². The van der Waals surface area contributed by atoms with Gasteiger partial charge in [0.05, 0.1) is 22.7 Å². The summed E-state index contributed by atoms with van der Waals surface area (Å²) in [6.07, 6.45) is 1.52. The molecule has 1 N–H and O–H groups in total. The number of anilines is 1. The first-order valence-electron chi connectivity index (χ1n) is 7.67. The molecule has 2 aromatic carbocycles. The van der Waals surface area contributed by atoms with Gasteiger partial charge in [0.1, 0.15) is 23.1 Å². The molecule has 0 radical (unpaired) electrons. The highest BCUT2D eigenvalue weighted by atomic mass is 79.9. The molecule has 0 saturated carbocycles. The number of nitrogens with one attached hydrogen (secondary N) is 1. The number of amides is 1. The number of hydrogen-bond donors (Lipinski definition) is 1. The van der Waals surface area contributed by atoms with Crippen LogP contribution in [0.5, 0.6) is 11.5 Å². The van der Waals surface area contributed by atoms with Crippen LogP contribution < -0.4 is 14.8 Å². The Morgan fingerprint density at radius 1 is 1.23 bits per heavy atom. The van der Waals surface area contributed by atoms with E-state index in [-0.39, 0.29) is 5.57 Å². The highest BCUT2D eigenvalue weighted by molar-refractivity contribution is 9.11. The molecule has 0 aromatic heterocycles. The standard InChI is InChI=1S/C19H16Br2N2O3/c1-3-26-18-16(20)9-12(10-17(18)21)8-13(11-22)19(24)23-14-4-6-15(25-2)7-5-14/h4-10H,3H2,1-2H3,(H,23,24). The first-order chi connectivity index (χ1) is 12.5. The van der Waals surface area contributed by atoms with Crippen LogP contribution in [-0.2, 0) is 4.79 Å². The van der Waals surface area contributed by atoms with Crippen LogP contribution in [0.15, 0.2) is 50.9 Å². The van der Waals surface area contributed by atoms with Gasteiger partial charge in [0.15, 0.2) is 0 Å². The molecule has 0 atom stereocenters. The molecule has 0 unspecified atom stereocenters. The Morgan fingerprint density at radius 2 is 1.85 bits per heavy atom. The molecule has 134 valence electrons. The van der Waals surface area contributed by atoms with E-state index in [1.807, 2.05) is 13.0 Å². The molecule has 0 fully saturated rings. The third kappa shape index (κ3) is 5.10. The van der Waals surface area contributed by atoms with E-state index >= 15 is 0 Å². The van der Waals surface area contributed by atoms with E-state index in [1.54, 1.807) is 43.5 Å². The summed E-state index contributed by atoms with van der Waals surface area (Å²) >= 11 is 6.87. The number of benzene rings is 2. The van der Waals surface area contributed by atoms with Crippen LogP contribution in [0.3, 0.4) is 0 Å². The number of carbonyl (C=O) groups excluding carboxylic acids is 1. The van der Waals surface area contributed by atoms with Gasteiger partial charge in [0, 0.05) is 5.69 Å². The van der Waals surface area contributed by atoms with Gasteiger partial charge in [-0.2, -0.15) is 5.26 Å². The summed E-state index contributed by atoms with van der Waals surface area (Å²) in [5.41, 5.74) is 1.25. The fourth-order valence-electron chi connectivity index (χ4n) is 2.13. The normalized spacial score (nSPS) is 10.8.